The molecule has 1 aromatic heterocycles. The highest BCUT2D eigenvalue weighted by Crippen LogP contribution is 2.36. The Balaban J connectivity index is 2.17. The van der Waals surface area contributed by atoms with Gasteiger partial charge in [0, 0.05) is 4.88 Å². The van der Waals surface area contributed by atoms with E-state index < -0.39 is 23.5 Å². The molecule has 0 N–H and O–H groups in total. The van der Waals surface area contributed by atoms with Crippen LogP contribution in [0.25, 0.3) is 11.6 Å². The zero-order chi connectivity index (χ0) is 19.7. The Morgan fingerprint density at radius 1 is 0.704 bits per heavy atom. The number of alkyl halides is 6. The van der Waals surface area contributed by atoms with Crippen LogP contribution in [0.1, 0.15) is 27.1 Å². The summed E-state index contributed by atoms with van der Waals surface area (Å²) in [6.45, 7) is 0. The molecule has 0 aliphatic heterocycles. The van der Waals surface area contributed by atoms with E-state index in [2.05, 4.69) is 0 Å². The molecular weight excluding hydrogens is 386 g/mol. The molecule has 0 bridgehead atoms. The first kappa shape index (κ1) is 19.2. The Hall–Kier alpha value is -2.54. The van der Waals surface area contributed by atoms with Gasteiger partial charge in [0.05, 0.1) is 11.1 Å². The molecule has 0 aliphatic carbocycles. The molecule has 3 rings (SSSR count). The second kappa shape index (κ2) is 7.23. The van der Waals surface area contributed by atoms with Crippen molar-refractivity contribution in [2.24, 2.45) is 0 Å². The molecule has 0 nitrogen and oxygen atoms in total. The average Bonchev–Trinajstić information content (AvgIpc) is 3.12. The summed E-state index contributed by atoms with van der Waals surface area (Å²) in [5, 5.41) is 1.78. The van der Waals surface area contributed by atoms with E-state index in [4.69, 9.17) is 0 Å². The zero-order valence-electron chi connectivity index (χ0n) is 13.6. The third-order valence-corrected chi connectivity index (χ3v) is 4.65. The number of rotatable bonds is 3. The Bertz CT molecular complexity index is 890. The van der Waals surface area contributed by atoms with Crippen molar-refractivity contribution in [3.8, 4) is 0 Å². The number of hydrogen-bond acceptors (Lipinski definition) is 1. The van der Waals surface area contributed by atoms with Gasteiger partial charge in [0.1, 0.15) is 0 Å². The van der Waals surface area contributed by atoms with Crippen LogP contribution in [-0.2, 0) is 12.4 Å². The van der Waals surface area contributed by atoms with Gasteiger partial charge >= 0.3 is 12.4 Å². The minimum atomic E-state index is -4.54. The summed E-state index contributed by atoms with van der Waals surface area (Å²) in [4.78, 5) is 0.722. The maximum Gasteiger partial charge on any atom is 0.416 e. The molecule has 0 unspecified atom stereocenters. The summed E-state index contributed by atoms with van der Waals surface area (Å²) in [6, 6.07) is 12.6. The van der Waals surface area contributed by atoms with Gasteiger partial charge in [-0.15, -0.1) is 11.3 Å². The summed E-state index contributed by atoms with van der Waals surface area (Å²) in [6.07, 6.45) is -7.49. The summed E-state index contributed by atoms with van der Waals surface area (Å²) in [5.41, 5.74) is -1.04. The molecule has 0 atom stereocenters. The molecular formula is C20H12F6S. The van der Waals surface area contributed by atoms with E-state index in [9.17, 15) is 26.3 Å². The van der Waals surface area contributed by atoms with Crippen LogP contribution in [0.2, 0.25) is 0 Å². The van der Waals surface area contributed by atoms with Crippen LogP contribution >= 0.6 is 11.3 Å². The fourth-order valence-corrected chi connectivity index (χ4v) is 3.23. The van der Waals surface area contributed by atoms with E-state index in [0.29, 0.717) is 0 Å². The molecule has 140 valence electrons. The van der Waals surface area contributed by atoms with Gasteiger partial charge in [-0.25, -0.2) is 0 Å². The Morgan fingerprint density at radius 3 is 1.63 bits per heavy atom. The predicted molar refractivity (Wildman–Crippen MR) is 94.2 cm³/mol. The van der Waals surface area contributed by atoms with Gasteiger partial charge in [0.25, 0.3) is 0 Å². The van der Waals surface area contributed by atoms with Crippen LogP contribution in [0, 0.1) is 0 Å². The van der Waals surface area contributed by atoms with Crippen molar-refractivity contribution in [1.82, 2.24) is 0 Å². The lowest BCUT2D eigenvalue weighted by atomic mass is 9.94. The van der Waals surface area contributed by atoms with Crippen molar-refractivity contribution in [2.75, 3.05) is 0 Å². The minimum absolute atomic E-state index is 0.192. The van der Waals surface area contributed by atoms with Crippen LogP contribution in [-0.4, -0.2) is 0 Å². The molecule has 3 aromatic rings. The van der Waals surface area contributed by atoms with E-state index >= 15 is 0 Å². The van der Waals surface area contributed by atoms with Crippen molar-refractivity contribution in [3.63, 3.8) is 0 Å². The van der Waals surface area contributed by atoms with Crippen LogP contribution in [0.15, 0.2) is 66.0 Å². The molecule has 0 amide bonds. The fourth-order valence-electron chi connectivity index (χ4n) is 2.58. The van der Waals surface area contributed by atoms with Gasteiger partial charge < -0.3 is 0 Å². The lowest BCUT2D eigenvalue weighted by Crippen LogP contribution is -2.06. The van der Waals surface area contributed by atoms with E-state index in [1.54, 1.807) is 23.6 Å². The first-order valence-electron chi connectivity index (χ1n) is 7.75. The van der Waals surface area contributed by atoms with E-state index in [1.807, 2.05) is 0 Å². The molecule has 1 heterocycles. The fraction of sp³-hybridized carbons (Fsp3) is 0.100. The van der Waals surface area contributed by atoms with Crippen molar-refractivity contribution in [1.29, 1.82) is 0 Å². The molecule has 2 aromatic carbocycles. The van der Waals surface area contributed by atoms with Crippen LogP contribution in [0.5, 0.6) is 0 Å². The summed E-state index contributed by atoms with van der Waals surface area (Å²) in [5.74, 6) is 0. The monoisotopic (exact) mass is 398 g/mol. The summed E-state index contributed by atoms with van der Waals surface area (Å²) >= 11 is 1.34. The number of thiophene rings is 1. The van der Waals surface area contributed by atoms with E-state index in [-0.39, 0.29) is 16.7 Å². The van der Waals surface area contributed by atoms with Gasteiger partial charge in [-0.3, -0.25) is 0 Å². The third kappa shape index (κ3) is 4.60. The largest absolute Gasteiger partial charge is 0.416 e. The van der Waals surface area contributed by atoms with Crippen molar-refractivity contribution >= 4 is 23.0 Å². The Kier molecular flexibility index (Phi) is 5.15. The number of halogens is 6. The quantitative estimate of drug-likeness (QED) is 0.404. The van der Waals surface area contributed by atoms with Crippen molar-refractivity contribution in [3.05, 3.63) is 93.2 Å². The first-order chi connectivity index (χ1) is 12.6. The highest BCUT2D eigenvalue weighted by atomic mass is 32.1. The lowest BCUT2D eigenvalue weighted by Gasteiger charge is -2.14. The second-order valence-electron chi connectivity index (χ2n) is 5.73. The molecule has 0 radical (unpaired) electrons. The van der Waals surface area contributed by atoms with Crippen molar-refractivity contribution < 1.29 is 26.3 Å². The SMILES string of the molecule is FC(F)(F)c1cccc(C(=Cc2cccs2)c2cccc(C(F)(F)F)c2)c1. The molecule has 0 aliphatic rings. The highest BCUT2D eigenvalue weighted by Gasteiger charge is 2.32. The summed E-state index contributed by atoms with van der Waals surface area (Å²) < 4.78 is 78.4. The molecule has 27 heavy (non-hydrogen) atoms. The van der Waals surface area contributed by atoms with Gasteiger partial charge in [-0.1, -0.05) is 30.3 Å². The Labute approximate surface area is 155 Å². The maximum atomic E-state index is 13.1. The first-order valence-corrected chi connectivity index (χ1v) is 8.63. The number of benzene rings is 2. The predicted octanol–water partition coefficient (Wildman–Crippen LogP) is 7.37. The van der Waals surface area contributed by atoms with Gasteiger partial charge in [0.15, 0.2) is 0 Å². The number of hydrogen-bond donors (Lipinski definition) is 0. The molecule has 0 spiro atoms. The van der Waals surface area contributed by atoms with Gasteiger partial charge in [-0.2, -0.15) is 26.3 Å². The van der Waals surface area contributed by atoms with Gasteiger partial charge in [0.2, 0.25) is 0 Å². The minimum Gasteiger partial charge on any atom is -0.166 e. The maximum absolute atomic E-state index is 13.1. The molecule has 0 saturated heterocycles. The topological polar surface area (TPSA) is 0 Å². The van der Waals surface area contributed by atoms with Crippen LogP contribution < -0.4 is 0 Å². The zero-order valence-corrected chi connectivity index (χ0v) is 14.4. The lowest BCUT2D eigenvalue weighted by molar-refractivity contribution is -0.138. The summed E-state index contributed by atoms with van der Waals surface area (Å²) in [7, 11) is 0. The van der Waals surface area contributed by atoms with Crippen LogP contribution in [0.3, 0.4) is 0 Å². The molecule has 7 heteroatoms. The molecule has 0 fully saturated rings. The average molecular weight is 398 g/mol. The molecule has 0 saturated carbocycles. The highest BCUT2D eigenvalue weighted by molar-refractivity contribution is 7.10. The van der Waals surface area contributed by atoms with E-state index in [0.717, 1.165) is 29.1 Å². The van der Waals surface area contributed by atoms with Gasteiger partial charge in [-0.05, 0) is 58.5 Å². The third-order valence-electron chi connectivity index (χ3n) is 3.83. The van der Waals surface area contributed by atoms with E-state index in [1.165, 1.54) is 35.6 Å². The smallest absolute Gasteiger partial charge is 0.166 e. The Morgan fingerprint density at radius 2 is 1.22 bits per heavy atom. The normalized spacial score (nSPS) is 12.1. The van der Waals surface area contributed by atoms with Crippen LogP contribution in [0.4, 0.5) is 26.3 Å². The standard InChI is InChI=1S/C20H12F6S/c21-19(22,23)15-6-1-4-13(10-15)18(12-17-8-3-9-27-17)14-5-2-7-16(11-14)20(24,25)26/h1-12H. The second-order valence-corrected chi connectivity index (χ2v) is 6.71. The van der Waals surface area contributed by atoms with Crippen molar-refractivity contribution in [2.45, 2.75) is 12.4 Å².